The Bertz CT molecular complexity index is 538. The minimum Gasteiger partial charge on any atom is -0.322 e. The zero-order valence-corrected chi connectivity index (χ0v) is 11.3. The third kappa shape index (κ3) is 3.17. The highest BCUT2D eigenvalue weighted by Gasteiger charge is 2.15. The van der Waals surface area contributed by atoms with Crippen LogP contribution in [0.4, 0.5) is 4.39 Å². The van der Waals surface area contributed by atoms with E-state index in [1.165, 1.54) is 6.07 Å². The van der Waals surface area contributed by atoms with Gasteiger partial charge in [-0.15, -0.1) is 0 Å². The van der Waals surface area contributed by atoms with Crippen LogP contribution in [0.2, 0.25) is 0 Å². The van der Waals surface area contributed by atoms with Gasteiger partial charge in [0.15, 0.2) is 0 Å². The predicted molar refractivity (Wildman–Crippen MR) is 72.1 cm³/mol. The summed E-state index contributed by atoms with van der Waals surface area (Å²) in [4.78, 5) is 4.00. The highest BCUT2D eigenvalue weighted by Crippen LogP contribution is 2.17. The van der Waals surface area contributed by atoms with Crippen LogP contribution in [0.3, 0.4) is 0 Å². The lowest BCUT2D eigenvalue weighted by Crippen LogP contribution is -2.17. The summed E-state index contributed by atoms with van der Waals surface area (Å²) < 4.78 is 15.5. The van der Waals surface area contributed by atoms with E-state index in [9.17, 15) is 4.39 Å². The molecule has 5 heteroatoms. The molecule has 0 amide bonds. The topological polar surface area (TPSA) is 56.7 Å². The Morgan fingerprint density at radius 3 is 2.89 bits per heavy atom. The molecule has 0 radical (unpaired) electrons. The average Bonchev–Trinajstić information content (AvgIpc) is 2.86. The first-order valence-corrected chi connectivity index (χ1v) is 6.51. The second kappa shape index (κ2) is 5.93. The van der Waals surface area contributed by atoms with Crippen molar-refractivity contribution in [3.8, 4) is 0 Å². The SMILES string of the molecule is CCC(C)n1ccc(CC(N)c2ncccc2F)n1. The van der Waals surface area contributed by atoms with Crippen molar-refractivity contribution in [2.24, 2.45) is 5.73 Å². The number of nitrogens with zero attached hydrogens (tertiary/aromatic N) is 3. The maximum absolute atomic E-state index is 13.6. The van der Waals surface area contributed by atoms with Gasteiger partial charge in [-0.3, -0.25) is 9.67 Å². The molecule has 102 valence electrons. The molecule has 4 nitrogen and oxygen atoms in total. The number of halogens is 1. The highest BCUT2D eigenvalue weighted by molar-refractivity contribution is 5.14. The van der Waals surface area contributed by atoms with Crippen LogP contribution in [-0.4, -0.2) is 14.8 Å². The summed E-state index contributed by atoms with van der Waals surface area (Å²) >= 11 is 0. The lowest BCUT2D eigenvalue weighted by atomic mass is 10.1. The van der Waals surface area contributed by atoms with E-state index in [1.807, 2.05) is 16.9 Å². The molecule has 2 heterocycles. The van der Waals surface area contributed by atoms with Crippen LogP contribution in [-0.2, 0) is 6.42 Å². The molecular weight excluding hydrogens is 243 g/mol. The number of hydrogen-bond acceptors (Lipinski definition) is 3. The van der Waals surface area contributed by atoms with Crippen LogP contribution in [0.15, 0.2) is 30.6 Å². The second-order valence-electron chi connectivity index (χ2n) is 4.73. The van der Waals surface area contributed by atoms with Gasteiger partial charge in [0, 0.05) is 24.9 Å². The van der Waals surface area contributed by atoms with Gasteiger partial charge in [-0.05, 0) is 31.5 Å². The van der Waals surface area contributed by atoms with E-state index in [4.69, 9.17) is 5.73 Å². The molecule has 2 aromatic heterocycles. The van der Waals surface area contributed by atoms with Crippen molar-refractivity contribution in [2.75, 3.05) is 0 Å². The van der Waals surface area contributed by atoms with Gasteiger partial charge in [-0.1, -0.05) is 6.92 Å². The van der Waals surface area contributed by atoms with E-state index in [-0.39, 0.29) is 5.82 Å². The summed E-state index contributed by atoms with van der Waals surface area (Å²) in [5.41, 5.74) is 7.15. The lowest BCUT2D eigenvalue weighted by Gasteiger charge is -2.11. The van der Waals surface area contributed by atoms with Crippen LogP contribution in [0.1, 0.15) is 43.7 Å². The molecule has 2 rings (SSSR count). The smallest absolute Gasteiger partial charge is 0.146 e. The van der Waals surface area contributed by atoms with Crippen molar-refractivity contribution < 1.29 is 4.39 Å². The fourth-order valence-corrected chi connectivity index (χ4v) is 1.91. The summed E-state index contributed by atoms with van der Waals surface area (Å²) in [5.74, 6) is -0.364. The van der Waals surface area contributed by atoms with Crippen molar-refractivity contribution in [3.63, 3.8) is 0 Å². The van der Waals surface area contributed by atoms with Gasteiger partial charge in [0.1, 0.15) is 5.82 Å². The highest BCUT2D eigenvalue weighted by atomic mass is 19.1. The Morgan fingerprint density at radius 1 is 1.42 bits per heavy atom. The molecule has 0 aromatic carbocycles. The van der Waals surface area contributed by atoms with Crippen molar-refractivity contribution >= 4 is 0 Å². The van der Waals surface area contributed by atoms with E-state index < -0.39 is 6.04 Å². The van der Waals surface area contributed by atoms with Gasteiger partial charge in [-0.25, -0.2) is 4.39 Å². The Balaban J connectivity index is 2.09. The maximum Gasteiger partial charge on any atom is 0.146 e. The number of aromatic nitrogens is 3. The number of pyridine rings is 1. The van der Waals surface area contributed by atoms with Crippen LogP contribution >= 0.6 is 0 Å². The predicted octanol–water partition coefficient (Wildman–Crippen LogP) is 2.63. The largest absolute Gasteiger partial charge is 0.322 e. The molecule has 2 unspecified atom stereocenters. The Hall–Kier alpha value is -1.75. The molecule has 2 N–H and O–H groups in total. The molecule has 0 saturated heterocycles. The summed E-state index contributed by atoms with van der Waals surface area (Å²) in [6.07, 6.45) is 4.99. The zero-order valence-electron chi connectivity index (χ0n) is 11.3. The van der Waals surface area contributed by atoms with Gasteiger partial charge in [0.05, 0.1) is 17.4 Å². The number of nitrogens with two attached hydrogens (primary N) is 1. The molecule has 0 bridgehead atoms. The third-order valence-corrected chi connectivity index (χ3v) is 3.27. The van der Waals surface area contributed by atoms with Gasteiger partial charge < -0.3 is 5.73 Å². The molecule has 0 saturated carbocycles. The minimum atomic E-state index is -0.471. The minimum absolute atomic E-state index is 0.292. The Kier molecular flexibility index (Phi) is 4.27. The molecule has 2 atom stereocenters. The van der Waals surface area contributed by atoms with Crippen LogP contribution in [0, 0.1) is 5.82 Å². The second-order valence-corrected chi connectivity index (χ2v) is 4.73. The quantitative estimate of drug-likeness (QED) is 0.901. The van der Waals surface area contributed by atoms with Gasteiger partial charge >= 0.3 is 0 Å². The van der Waals surface area contributed by atoms with Gasteiger partial charge in [0.2, 0.25) is 0 Å². The van der Waals surface area contributed by atoms with Crippen molar-refractivity contribution in [1.82, 2.24) is 14.8 Å². The van der Waals surface area contributed by atoms with Gasteiger partial charge in [0.25, 0.3) is 0 Å². The van der Waals surface area contributed by atoms with E-state index >= 15 is 0 Å². The summed E-state index contributed by atoms with van der Waals surface area (Å²) in [5, 5.41) is 4.46. The Labute approximate surface area is 112 Å². The van der Waals surface area contributed by atoms with Crippen LogP contribution < -0.4 is 5.73 Å². The molecule has 2 aromatic rings. The zero-order chi connectivity index (χ0) is 13.8. The van der Waals surface area contributed by atoms with Crippen LogP contribution in [0.25, 0.3) is 0 Å². The van der Waals surface area contributed by atoms with E-state index in [0.717, 1.165) is 12.1 Å². The fourth-order valence-electron chi connectivity index (χ4n) is 1.91. The summed E-state index contributed by atoms with van der Waals surface area (Å²) in [7, 11) is 0. The first-order chi connectivity index (χ1) is 9.11. The summed E-state index contributed by atoms with van der Waals surface area (Å²) in [6.45, 7) is 4.22. The Morgan fingerprint density at radius 2 is 2.21 bits per heavy atom. The first kappa shape index (κ1) is 13.7. The van der Waals surface area contributed by atoms with Gasteiger partial charge in [-0.2, -0.15) is 5.10 Å². The molecular formula is C14H19FN4. The summed E-state index contributed by atoms with van der Waals surface area (Å²) in [6, 6.07) is 4.74. The standard InChI is InChI=1S/C14H19FN4/c1-3-10(2)19-8-6-11(18-19)9-13(16)14-12(15)5-4-7-17-14/h4-8,10,13H,3,9,16H2,1-2H3. The van der Waals surface area contributed by atoms with Crippen molar-refractivity contribution in [3.05, 3.63) is 47.8 Å². The molecule has 19 heavy (non-hydrogen) atoms. The van der Waals surface area contributed by atoms with Crippen LogP contribution in [0.5, 0.6) is 0 Å². The van der Waals surface area contributed by atoms with E-state index in [1.54, 1.807) is 12.3 Å². The molecule has 0 aliphatic heterocycles. The number of hydrogen-bond donors (Lipinski definition) is 1. The molecule has 0 fully saturated rings. The van der Waals surface area contributed by atoms with E-state index in [2.05, 4.69) is 23.9 Å². The van der Waals surface area contributed by atoms with Crippen molar-refractivity contribution in [1.29, 1.82) is 0 Å². The average molecular weight is 262 g/mol. The molecule has 0 aliphatic carbocycles. The normalized spacial score (nSPS) is 14.3. The van der Waals surface area contributed by atoms with Crippen molar-refractivity contribution in [2.45, 2.75) is 38.8 Å². The monoisotopic (exact) mass is 262 g/mol. The van der Waals surface area contributed by atoms with E-state index in [0.29, 0.717) is 18.2 Å². The lowest BCUT2D eigenvalue weighted by molar-refractivity contribution is 0.470. The molecule has 0 aliphatic rings. The number of rotatable bonds is 5. The third-order valence-electron chi connectivity index (χ3n) is 3.27. The first-order valence-electron chi connectivity index (χ1n) is 6.51. The maximum atomic E-state index is 13.6. The molecule has 0 spiro atoms. The fraction of sp³-hybridized carbons (Fsp3) is 0.429.